The molecule has 0 N–H and O–H groups in total. The number of para-hydroxylation sites is 2. The molecule has 0 aliphatic carbocycles. The molecule has 61 heavy (non-hydrogen) atoms. The molecule has 2 heterocycles. The number of hydrogen-bond donors (Lipinski definition) is 0. The molecule has 0 saturated heterocycles. The maximum absolute atomic E-state index is 6.72. The topological polar surface area (TPSA) is 32.8 Å². The molecule has 0 aliphatic rings. The first-order valence-electron chi connectivity index (χ1n) is 21.2. The van der Waals surface area contributed by atoms with Crippen molar-refractivity contribution in [2.75, 3.05) is 9.80 Å². The quantitative estimate of drug-likeness (QED) is 0.168. The van der Waals surface area contributed by atoms with Crippen LogP contribution in [0.25, 0.3) is 65.4 Å². The summed E-state index contributed by atoms with van der Waals surface area (Å²) in [5.74, 6) is 0. The summed E-state index contributed by atoms with van der Waals surface area (Å²) in [5.41, 5.74) is 18.8. The van der Waals surface area contributed by atoms with E-state index in [2.05, 4.69) is 210 Å². The summed E-state index contributed by atoms with van der Waals surface area (Å²) < 4.78 is 13.4. The van der Waals surface area contributed by atoms with E-state index in [1.165, 1.54) is 72.5 Å². The first kappa shape index (κ1) is 36.8. The second-order valence-electron chi connectivity index (χ2n) is 17.0. The van der Waals surface area contributed by atoms with Gasteiger partial charge in [-0.1, -0.05) is 72.8 Å². The number of rotatable bonds is 6. The molecular weight excluding hydrogens is 745 g/mol. The molecule has 0 atom stereocenters. The molecule has 0 saturated carbocycles. The predicted molar refractivity (Wildman–Crippen MR) is 259 cm³/mol. The highest BCUT2D eigenvalue weighted by atomic mass is 16.3. The second kappa shape index (κ2) is 13.9. The van der Waals surface area contributed by atoms with E-state index in [0.29, 0.717) is 0 Å². The number of aryl methyl sites for hydroxylation is 7. The van der Waals surface area contributed by atoms with Crippen molar-refractivity contribution in [2.45, 2.75) is 48.5 Å². The molecule has 0 unspecified atom stereocenters. The summed E-state index contributed by atoms with van der Waals surface area (Å²) in [4.78, 5) is 4.78. The van der Waals surface area contributed by atoms with Crippen LogP contribution in [0.4, 0.5) is 34.1 Å². The molecule has 2 aromatic heterocycles. The van der Waals surface area contributed by atoms with Gasteiger partial charge in [0.1, 0.15) is 22.3 Å². The Kier molecular flexibility index (Phi) is 8.37. The fourth-order valence-electron chi connectivity index (χ4n) is 9.56. The molecule has 0 bridgehead atoms. The molecule has 0 amide bonds. The standard InChI is InChI=1S/C57H46N2O2/c1-33-16-18-37(5)50(24-33)58(48-14-10-8-12-35(48)3)44-22-20-40-28-46-52(30-42(40)26-44)60-54-32-55-57(39(7)56(46)54)47-29-41-21-23-45(27-43(41)31-53(47)61-55)59(49-15-11-9-13-36(49)4)51-25-34(2)17-19-38(51)6/h8-32H,1-7H3. The van der Waals surface area contributed by atoms with Gasteiger partial charge < -0.3 is 18.6 Å². The third kappa shape index (κ3) is 5.96. The van der Waals surface area contributed by atoms with Crippen LogP contribution in [-0.2, 0) is 0 Å². The average molecular weight is 791 g/mol. The Morgan fingerprint density at radius 1 is 0.328 bits per heavy atom. The van der Waals surface area contributed by atoms with Crippen molar-refractivity contribution in [2.24, 2.45) is 0 Å². The van der Waals surface area contributed by atoms with Gasteiger partial charge in [0.2, 0.25) is 0 Å². The highest BCUT2D eigenvalue weighted by Crippen LogP contribution is 2.45. The summed E-state index contributed by atoms with van der Waals surface area (Å²) in [6, 6.07) is 55.3. The van der Waals surface area contributed by atoms with Crippen LogP contribution in [0.5, 0.6) is 0 Å². The van der Waals surface area contributed by atoms with E-state index in [1.807, 2.05) is 0 Å². The molecule has 4 heteroatoms. The SMILES string of the molecule is Cc1ccc(C)c(N(c2ccc3cc4c(cc3c2)oc2cc3oc5cc6cc(N(c7ccccc7C)c7cc(C)ccc7C)ccc6cc5c3c(C)c24)c2ccccc2C)c1. The maximum Gasteiger partial charge on any atom is 0.139 e. The average Bonchev–Trinajstić information content (AvgIpc) is 3.80. The Balaban J connectivity index is 1.04. The Morgan fingerprint density at radius 2 is 0.754 bits per heavy atom. The van der Waals surface area contributed by atoms with Gasteiger partial charge in [-0.3, -0.25) is 0 Å². The van der Waals surface area contributed by atoms with Gasteiger partial charge in [0.05, 0.1) is 0 Å². The minimum atomic E-state index is 0.834. The van der Waals surface area contributed by atoms with Gasteiger partial charge in [0, 0.05) is 61.7 Å². The Morgan fingerprint density at radius 3 is 1.20 bits per heavy atom. The summed E-state index contributed by atoms with van der Waals surface area (Å²) >= 11 is 0. The molecular formula is C57H46N2O2. The van der Waals surface area contributed by atoms with Crippen LogP contribution in [-0.4, -0.2) is 0 Å². The number of nitrogens with zero attached hydrogens (tertiary/aromatic N) is 2. The van der Waals surface area contributed by atoms with Crippen molar-refractivity contribution >= 4 is 99.5 Å². The fourth-order valence-corrected chi connectivity index (χ4v) is 9.56. The summed E-state index contributed by atoms with van der Waals surface area (Å²) in [7, 11) is 0. The minimum absolute atomic E-state index is 0.834. The van der Waals surface area contributed by atoms with Gasteiger partial charge in [-0.2, -0.15) is 0 Å². The molecule has 0 fully saturated rings. The van der Waals surface area contributed by atoms with E-state index in [1.54, 1.807) is 0 Å². The maximum atomic E-state index is 6.72. The van der Waals surface area contributed by atoms with E-state index < -0.39 is 0 Å². The van der Waals surface area contributed by atoms with Crippen LogP contribution in [0.3, 0.4) is 0 Å². The number of benzene rings is 9. The lowest BCUT2D eigenvalue weighted by atomic mass is 9.98. The molecule has 4 nitrogen and oxygen atoms in total. The van der Waals surface area contributed by atoms with Crippen LogP contribution < -0.4 is 9.80 Å². The lowest BCUT2D eigenvalue weighted by Gasteiger charge is -2.29. The highest BCUT2D eigenvalue weighted by molar-refractivity contribution is 6.21. The Labute approximate surface area is 355 Å². The lowest BCUT2D eigenvalue weighted by Crippen LogP contribution is -2.12. The molecule has 0 aliphatic heterocycles. The number of anilines is 6. The van der Waals surface area contributed by atoms with Crippen LogP contribution in [0, 0.1) is 48.5 Å². The molecule has 11 rings (SSSR count). The van der Waals surface area contributed by atoms with Crippen LogP contribution in [0.1, 0.15) is 38.9 Å². The predicted octanol–water partition coefficient (Wildman–Crippen LogP) is 16.9. The number of fused-ring (bicyclic) bond motifs is 8. The normalized spacial score (nSPS) is 11.9. The zero-order chi connectivity index (χ0) is 41.7. The summed E-state index contributed by atoms with van der Waals surface area (Å²) in [6.45, 7) is 15.3. The molecule has 11 aromatic rings. The van der Waals surface area contributed by atoms with Crippen molar-refractivity contribution in [3.05, 3.63) is 191 Å². The van der Waals surface area contributed by atoms with Crippen LogP contribution >= 0.6 is 0 Å². The van der Waals surface area contributed by atoms with Gasteiger partial charge in [-0.05, 0) is 182 Å². The third-order valence-electron chi connectivity index (χ3n) is 12.8. The third-order valence-corrected chi connectivity index (χ3v) is 12.8. The van der Waals surface area contributed by atoms with Crippen molar-refractivity contribution in [3.8, 4) is 0 Å². The van der Waals surface area contributed by atoms with Crippen LogP contribution in [0.2, 0.25) is 0 Å². The second-order valence-corrected chi connectivity index (χ2v) is 17.0. The number of furan rings is 2. The van der Waals surface area contributed by atoms with E-state index in [9.17, 15) is 0 Å². The Hall–Kier alpha value is -7.30. The largest absolute Gasteiger partial charge is 0.456 e. The molecule has 9 aromatic carbocycles. The van der Waals surface area contributed by atoms with Crippen molar-refractivity contribution in [3.63, 3.8) is 0 Å². The first-order chi connectivity index (χ1) is 29.6. The molecule has 296 valence electrons. The molecule has 0 radical (unpaired) electrons. The zero-order valence-corrected chi connectivity index (χ0v) is 35.6. The van der Waals surface area contributed by atoms with E-state index in [-0.39, 0.29) is 0 Å². The van der Waals surface area contributed by atoms with Crippen molar-refractivity contribution in [1.82, 2.24) is 0 Å². The first-order valence-corrected chi connectivity index (χ1v) is 21.2. The van der Waals surface area contributed by atoms with E-state index in [4.69, 9.17) is 8.83 Å². The number of hydrogen-bond acceptors (Lipinski definition) is 4. The highest BCUT2D eigenvalue weighted by Gasteiger charge is 2.22. The van der Waals surface area contributed by atoms with E-state index >= 15 is 0 Å². The van der Waals surface area contributed by atoms with Crippen molar-refractivity contribution < 1.29 is 8.83 Å². The minimum Gasteiger partial charge on any atom is -0.456 e. The monoisotopic (exact) mass is 790 g/mol. The Bertz CT molecular complexity index is 3350. The van der Waals surface area contributed by atoms with Gasteiger partial charge in [-0.15, -0.1) is 0 Å². The van der Waals surface area contributed by atoms with Crippen LogP contribution in [0.15, 0.2) is 160 Å². The fraction of sp³-hybridized carbons (Fsp3) is 0.123. The van der Waals surface area contributed by atoms with Gasteiger partial charge >= 0.3 is 0 Å². The van der Waals surface area contributed by atoms with Gasteiger partial charge in [-0.25, -0.2) is 0 Å². The summed E-state index contributed by atoms with van der Waals surface area (Å²) in [6.07, 6.45) is 0. The summed E-state index contributed by atoms with van der Waals surface area (Å²) in [5, 5.41) is 9.09. The van der Waals surface area contributed by atoms with E-state index in [0.717, 1.165) is 66.0 Å². The van der Waals surface area contributed by atoms with Crippen molar-refractivity contribution in [1.29, 1.82) is 0 Å². The smallest absolute Gasteiger partial charge is 0.139 e. The zero-order valence-electron chi connectivity index (χ0n) is 35.6. The van der Waals surface area contributed by atoms with Gasteiger partial charge in [0.15, 0.2) is 0 Å². The lowest BCUT2D eigenvalue weighted by molar-refractivity contribution is 0.656. The molecule has 0 spiro atoms. The van der Waals surface area contributed by atoms with Gasteiger partial charge in [0.25, 0.3) is 0 Å².